The minimum absolute atomic E-state index is 0.141. The summed E-state index contributed by atoms with van der Waals surface area (Å²) in [6.07, 6.45) is 1.58. The maximum Gasteiger partial charge on any atom is 0.242 e. The molecule has 2 saturated heterocycles. The van der Waals surface area contributed by atoms with Gasteiger partial charge >= 0.3 is 0 Å². The summed E-state index contributed by atoms with van der Waals surface area (Å²) in [5.41, 5.74) is 0. The Morgan fingerprint density at radius 3 is 2.75 bits per heavy atom. The second-order valence-electron chi connectivity index (χ2n) is 5.45. The van der Waals surface area contributed by atoms with Gasteiger partial charge in [-0.1, -0.05) is 0 Å². The molecule has 3 rings (SSSR count). The van der Waals surface area contributed by atoms with Crippen molar-refractivity contribution in [2.75, 3.05) is 33.4 Å². The number of piperidine rings is 1. The molecule has 7 nitrogen and oxygen atoms in total. The summed E-state index contributed by atoms with van der Waals surface area (Å²) in [6.45, 7) is 3.30. The summed E-state index contributed by atoms with van der Waals surface area (Å²) in [7, 11) is 1.61. The molecule has 2 aliphatic heterocycles. The first-order chi connectivity index (χ1) is 9.78. The topological polar surface area (TPSA) is 80.9 Å². The van der Waals surface area contributed by atoms with E-state index in [9.17, 15) is 5.11 Å². The van der Waals surface area contributed by atoms with Gasteiger partial charge in [-0.25, -0.2) is 0 Å². The third kappa shape index (κ3) is 2.85. The van der Waals surface area contributed by atoms with Crippen LogP contribution in [0.25, 0.3) is 0 Å². The number of ether oxygens (including phenoxy) is 2. The van der Waals surface area contributed by atoms with Crippen LogP contribution in [-0.2, 0) is 16.1 Å². The van der Waals surface area contributed by atoms with Crippen molar-refractivity contribution < 1.29 is 19.0 Å². The van der Waals surface area contributed by atoms with Gasteiger partial charge in [0.15, 0.2) is 0 Å². The lowest BCUT2D eigenvalue weighted by atomic mass is 9.95. The molecule has 1 N–H and O–H groups in total. The summed E-state index contributed by atoms with van der Waals surface area (Å²) >= 11 is 0. The molecule has 0 aliphatic carbocycles. The van der Waals surface area contributed by atoms with Crippen molar-refractivity contribution in [1.29, 1.82) is 0 Å². The highest BCUT2D eigenvalue weighted by atomic mass is 16.5. The van der Waals surface area contributed by atoms with E-state index in [1.165, 1.54) is 0 Å². The number of methoxy groups -OCH3 is 1. The fourth-order valence-electron chi connectivity index (χ4n) is 2.97. The Kier molecular flexibility index (Phi) is 4.30. The number of nitrogens with zero attached hydrogens (tertiary/aromatic N) is 3. The summed E-state index contributed by atoms with van der Waals surface area (Å²) in [6, 6.07) is 0.141. The van der Waals surface area contributed by atoms with Crippen LogP contribution in [0.5, 0.6) is 0 Å². The number of rotatable bonds is 4. The second kappa shape index (κ2) is 6.17. The molecule has 0 unspecified atom stereocenters. The lowest BCUT2D eigenvalue weighted by Crippen LogP contribution is -2.46. The molecular weight excluding hydrogens is 262 g/mol. The van der Waals surface area contributed by atoms with Gasteiger partial charge in [-0.05, 0) is 25.9 Å². The zero-order valence-corrected chi connectivity index (χ0v) is 11.7. The molecule has 20 heavy (non-hydrogen) atoms. The lowest BCUT2D eigenvalue weighted by molar-refractivity contribution is 0.0638. The Hall–Kier alpha value is -1.02. The first-order valence-electron chi connectivity index (χ1n) is 7.09. The van der Waals surface area contributed by atoms with Crippen molar-refractivity contribution in [2.45, 2.75) is 37.5 Å². The quantitative estimate of drug-likeness (QED) is 0.842. The van der Waals surface area contributed by atoms with E-state index in [0.717, 1.165) is 25.9 Å². The molecule has 0 radical (unpaired) electrons. The molecular formula is C13H21N3O4. The van der Waals surface area contributed by atoms with Crippen LogP contribution in [0.1, 0.15) is 30.5 Å². The molecule has 2 aliphatic rings. The fraction of sp³-hybridized carbons (Fsp3) is 0.846. The van der Waals surface area contributed by atoms with Crippen molar-refractivity contribution in [3.8, 4) is 0 Å². The largest absolute Gasteiger partial charge is 0.422 e. The summed E-state index contributed by atoms with van der Waals surface area (Å²) in [4.78, 5) is 2.31. The molecule has 3 heterocycles. The SMILES string of the molecule is COCc1nnc(C2CCN([C@@H]3COC[C@@H]3O)CC2)o1. The van der Waals surface area contributed by atoms with Crippen LogP contribution in [0.2, 0.25) is 0 Å². The highest BCUT2D eigenvalue weighted by Gasteiger charge is 2.35. The van der Waals surface area contributed by atoms with E-state index in [1.54, 1.807) is 7.11 Å². The zero-order valence-electron chi connectivity index (χ0n) is 11.7. The third-order valence-corrected chi connectivity index (χ3v) is 4.12. The highest BCUT2D eigenvalue weighted by Crippen LogP contribution is 2.29. The molecule has 2 atom stereocenters. The van der Waals surface area contributed by atoms with E-state index in [4.69, 9.17) is 13.9 Å². The van der Waals surface area contributed by atoms with Crippen LogP contribution >= 0.6 is 0 Å². The van der Waals surface area contributed by atoms with Crippen LogP contribution in [0.4, 0.5) is 0 Å². The van der Waals surface area contributed by atoms with Gasteiger partial charge in [-0.2, -0.15) is 0 Å². The van der Waals surface area contributed by atoms with Gasteiger partial charge in [0, 0.05) is 13.0 Å². The molecule has 112 valence electrons. The fourth-order valence-corrected chi connectivity index (χ4v) is 2.97. The van der Waals surface area contributed by atoms with E-state index in [2.05, 4.69) is 15.1 Å². The lowest BCUT2D eigenvalue weighted by Gasteiger charge is -2.35. The van der Waals surface area contributed by atoms with Crippen molar-refractivity contribution in [3.05, 3.63) is 11.8 Å². The van der Waals surface area contributed by atoms with Crippen molar-refractivity contribution >= 4 is 0 Å². The molecule has 7 heteroatoms. The molecule has 2 fully saturated rings. The summed E-state index contributed by atoms with van der Waals surface area (Å²) < 4.78 is 15.9. The van der Waals surface area contributed by atoms with E-state index in [-0.39, 0.29) is 12.1 Å². The number of likely N-dealkylation sites (tertiary alicyclic amines) is 1. The van der Waals surface area contributed by atoms with Crippen LogP contribution in [0, 0.1) is 0 Å². The normalized spacial score (nSPS) is 29.1. The van der Waals surface area contributed by atoms with Crippen LogP contribution < -0.4 is 0 Å². The van der Waals surface area contributed by atoms with Crippen molar-refractivity contribution in [2.24, 2.45) is 0 Å². The third-order valence-electron chi connectivity index (χ3n) is 4.12. The summed E-state index contributed by atoms with van der Waals surface area (Å²) in [5.74, 6) is 1.55. The van der Waals surface area contributed by atoms with Crippen LogP contribution in [0.3, 0.4) is 0 Å². The van der Waals surface area contributed by atoms with Gasteiger partial charge in [-0.15, -0.1) is 10.2 Å². The van der Waals surface area contributed by atoms with Crippen molar-refractivity contribution in [1.82, 2.24) is 15.1 Å². The van der Waals surface area contributed by atoms with E-state index in [1.807, 2.05) is 0 Å². The Labute approximate surface area is 117 Å². The van der Waals surface area contributed by atoms with Gasteiger partial charge in [0.05, 0.1) is 25.4 Å². The predicted molar refractivity (Wildman–Crippen MR) is 69.2 cm³/mol. The van der Waals surface area contributed by atoms with E-state index >= 15 is 0 Å². The number of hydrogen-bond acceptors (Lipinski definition) is 7. The maximum atomic E-state index is 9.87. The number of aliphatic hydroxyl groups is 1. The van der Waals surface area contributed by atoms with Gasteiger partial charge in [0.25, 0.3) is 0 Å². The van der Waals surface area contributed by atoms with E-state index < -0.39 is 0 Å². The molecule has 1 aromatic rings. The molecule has 1 aromatic heterocycles. The second-order valence-corrected chi connectivity index (χ2v) is 5.45. The van der Waals surface area contributed by atoms with Crippen LogP contribution in [0.15, 0.2) is 4.42 Å². The van der Waals surface area contributed by atoms with Crippen molar-refractivity contribution in [3.63, 3.8) is 0 Å². The molecule has 0 aromatic carbocycles. The first-order valence-corrected chi connectivity index (χ1v) is 7.09. The molecule has 0 spiro atoms. The summed E-state index contributed by atoms with van der Waals surface area (Å²) in [5, 5.41) is 17.9. The van der Waals surface area contributed by atoms with Crippen LogP contribution in [-0.4, -0.2) is 65.8 Å². The average molecular weight is 283 g/mol. The molecule has 0 saturated carbocycles. The smallest absolute Gasteiger partial charge is 0.242 e. The van der Waals surface area contributed by atoms with Gasteiger partial charge < -0.3 is 19.0 Å². The Morgan fingerprint density at radius 1 is 1.30 bits per heavy atom. The van der Waals surface area contributed by atoms with Gasteiger partial charge in [0.1, 0.15) is 6.61 Å². The predicted octanol–water partition coefficient (Wildman–Crippen LogP) is 0.155. The Balaban J connectivity index is 1.55. The van der Waals surface area contributed by atoms with Gasteiger partial charge in [-0.3, -0.25) is 4.90 Å². The number of hydrogen-bond donors (Lipinski definition) is 1. The standard InChI is InChI=1S/C13H21N3O4/c1-18-8-12-14-15-13(20-12)9-2-4-16(5-3-9)10-6-19-7-11(10)17/h9-11,17H,2-8H2,1H3/t10-,11+/m1/s1. The number of aliphatic hydroxyl groups excluding tert-OH is 1. The van der Waals surface area contributed by atoms with E-state index in [0.29, 0.717) is 37.5 Å². The van der Waals surface area contributed by atoms with Gasteiger partial charge in [0.2, 0.25) is 11.8 Å². The monoisotopic (exact) mass is 283 g/mol. The Bertz CT molecular complexity index is 431. The zero-order chi connectivity index (χ0) is 13.9. The number of aromatic nitrogens is 2. The average Bonchev–Trinajstić information content (AvgIpc) is 3.09. The first kappa shape index (κ1) is 13.9. The minimum Gasteiger partial charge on any atom is -0.422 e. The highest BCUT2D eigenvalue weighted by molar-refractivity contribution is 4.96. The molecule has 0 amide bonds. The molecule has 0 bridgehead atoms. The maximum absolute atomic E-state index is 9.87. The minimum atomic E-state index is -0.358. The Morgan fingerprint density at radius 2 is 2.10 bits per heavy atom.